The van der Waals surface area contributed by atoms with E-state index >= 15 is 0 Å². The third-order valence-electron chi connectivity index (χ3n) is 5.10. The van der Waals surface area contributed by atoms with Crippen molar-refractivity contribution in [2.75, 3.05) is 31.6 Å². The zero-order chi connectivity index (χ0) is 17.9. The van der Waals surface area contributed by atoms with Gasteiger partial charge < -0.3 is 19.9 Å². The fraction of sp³-hybridized carbons (Fsp3) is 0.286. The van der Waals surface area contributed by atoms with Gasteiger partial charge in [0, 0.05) is 36.7 Å². The Morgan fingerprint density at radius 2 is 2.04 bits per heavy atom. The monoisotopic (exact) mass is 349 g/mol. The van der Waals surface area contributed by atoms with Crippen molar-refractivity contribution in [2.45, 2.75) is 6.42 Å². The van der Waals surface area contributed by atoms with Crippen molar-refractivity contribution in [3.63, 3.8) is 0 Å². The van der Waals surface area contributed by atoms with Crippen molar-refractivity contribution in [1.82, 2.24) is 10.3 Å². The molecule has 2 aromatic carbocycles. The molecule has 0 aliphatic carbocycles. The van der Waals surface area contributed by atoms with Crippen molar-refractivity contribution in [3.8, 4) is 5.75 Å². The van der Waals surface area contributed by atoms with Crippen LogP contribution in [-0.4, -0.2) is 37.6 Å². The molecule has 26 heavy (non-hydrogen) atoms. The number of carbonyl (C=O) groups is 1. The molecule has 3 aromatic rings. The van der Waals surface area contributed by atoms with E-state index in [1.54, 1.807) is 13.3 Å². The van der Waals surface area contributed by atoms with E-state index in [0.717, 1.165) is 41.9 Å². The van der Waals surface area contributed by atoms with Gasteiger partial charge in [-0.3, -0.25) is 4.79 Å². The highest BCUT2D eigenvalue weighted by atomic mass is 16.5. The maximum absolute atomic E-state index is 12.6. The number of amides is 1. The highest BCUT2D eigenvalue weighted by Crippen LogP contribution is 2.31. The summed E-state index contributed by atoms with van der Waals surface area (Å²) in [5.41, 5.74) is 2.82. The van der Waals surface area contributed by atoms with Gasteiger partial charge >= 0.3 is 0 Å². The summed E-state index contributed by atoms with van der Waals surface area (Å²) >= 11 is 0. The van der Waals surface area contributed by atoms with Crippen LogP contribution in [-0.2, 0) is 0 Å². The van der Waals surface area contributed by atoms with Gasteiger partial charge in [-0.1, -0.05) is 30.3 Å². The van der Waals surface area contributed by atoms with E-state index in [-0.39, 0.29) is 5.91 Å². The number of aromatic amines is 1. The van der Waals surface area contributed by atoms with Gasteiger partial charge in [0.1, 0.15) is 5.75 Å². The molecule has 1 aliphatic heterocycles. The topological polar surface area (TPSA) is 57.4 Å². The van der Waals surface area contributed by atoms with E-state index < -0.39 is 0 Å². The molecule has 1 aliphatic rings. The molecule has 134 valence electrons. The zero-order valence-corrected chi connectivity index (χ0v) is 14.9. The first-order chi connectivity index (χ1) is 12.8. The number of nitrogens with one attached hydrogen (secondary N) is 2. The number of rotatable bonds is 5. The average Bonchev–Trinajstić information content (AvgIpc) is 3.33. The molecule has 0 radical (unpaired) electrons. The number of nitrogens with zero attached hydrogens (tertiary/aromatic N) is 1. The molecule has 1 fully saturated rings. The number of anilines is 1. The first kappa shape index (κ1) is 16.5. The number of methoxy groups -OCH3 is 1. The standard InChI is InChI=1S/C21H23N3O2/c1-26-20-9-5-4-8-19(20)24-11-10-15(14-24)12-23-21(25)17-13-22-18-7-3-2-6-16(17)18/h2-9,13,15,22H,10-12,14H2,1H3,(H,23,25)/t15-/m1/s1. The molecule has 0 saturated carbocycles. The van der Waals surface area contributed by atoms with E-state index in [2.05, 4.69) is 21.3 Å². The second kappa shape index (κ2) is 7.12. The molecule has 2 N–H and O–H groups in total. The van der Waals surface area contributed by atoms with Crippen LogP contribution in [0.3, 0.4) is 0 Å². The largest absolute Gasteiger partial charge is 0.495 e. The van der Waals surface area contributed by atoms with E-state index in [1.165, 1.54) is 0 Å². The van der Waals surface area contributed by atoms with Crippen molar-refractivity contribution < 1.29 is 9.53 Å². The second-order valence-electron chi connectivity index (χ2n) is 6.73. The third-order valence-corrected chi connectivity index (χ3v) is 5.10. The van der Waals surface area contributed by atoms with Crippen LogP contribution in [0.1, 0.15) is 16.8 Å². The Balaban J connectivity index is 1.38. The number of aromatic nitrogens is 1. The van der Waals surface area contributed by atoms with E-state index in [1.807, 2.05) is 42.5 Å². The summed E-state index contributed by atoms with van der Waals surface area (Å²) in [6.45, 7) is 2.59. The van der Waals surface area contributed by atoms with Crippen molar-refractivity contribution >= 4 is 22.5 Å². The van der Waals surface area contributed by atoms with E-state index in [0.29, 0.717) is 18.0 Å². The lowest BCUT2D eigenvalue weighted by atomic mass is 10.1. The minimum Gasteiger partial charge on any atom is -0.495 e. The first-order valence-corrected chi connectivity index (χ1v) is 8.98. The molecule has 0 unspecified atom stereocenters. The van der Waals surface area contributed by atoms with Gasteiger partial charge in [-0.25, -0.2) is 0 Å². The maximum Gasteiger partial charge on any atom is 0.253 e. The Bertz CT molecular complexity index is 918. The molecule has 1 atom stereocenters. The molecular weight excluding hydrogens is 326 g/mol. The number of hydrogen-bond acceptors (Lipinski definition) is 3. The number of para-hydroxylation sites is 3. The molecule has 0 spiro atoms. The summed E-state index contributed by atoms with van der Waals surface area (Å²) in [6.07, 6.45) is 2.85. The van der Waals surface area contributed by atoms with Crippen LogP contribution < -0.4 is 15.0 Å². The highest BCUT2D eigenvalue weighted by molar-refractivity contribution is 6.06. The number of ether oxygens (including phenoxy) is 1. The lowest BCUT2D eigenvalue weighted by Gasteiger charge is -2.21. The fourth-order valence-electron chi connectivity index (χ4n) is 3.70. The summed E-state index contributed by atoms with van der Waals surface area (Å²) in [5.74, 6) is 1.32. The van der Waals surface area contributed by atoms with Gasteiger partial charge in [-0.05, 0) is 30.5 Å². The summed E-state index contributed by atoms with van der Waals surface area (Å²) in [7, 11) is 1.70. The molecular formula is C21H23N3O2. The number of hydrogen-bond donors (Lipinski definition) is 2. The van der Waals surface area contributed by atoms with Crippen LogP contribution in [0, 0.1) is 5.92 Å². The van der Waals surface area contributed by atoms with Crippen LogP contribution in [0.5, 0.6) is 5.75 Å². The fourth-order valence-corrected chi connectivity index (χ4v) is 3.70. The zero-order valence-electron chi connectivity index (χ0n) is 14.9. The van der Waals surface area contributed by atoms with Gasteiger partial charge in [-0.15, -0.1) is 0 Å². The summed E-state index contributed by atoms with van der Waals surface area (Å²) in [4.78, 5) is 18.1. The van der Waals surface area contributed by atoms with Gasteiger partial charge in [0.15, 0.2) is 0 Å². The molecule has 5 nitrogen and oxygen atoms in total. The molecule has 1 saturated heterocycles. The minimum absolute atomic E-state index is 0.0156. The Kier molecular flexibility index (Phi) is 4.52. The van der Waals surface area contributed by atoms with Gasteiger partial charge in [0.25, 0.3) is 5.91 Å². The maximum atomic E-state index is 12.6. The second-order valence-corrected chi connectivity index (χ2v) is 6.73. The third kappa shape index (κ3) is 3.12. The van der Waals surface area contributed by atoms with E-state index in [4.69, 9.17) is 4.74 Å². The number of carbonyl (C=O) groups excluding carboxylic acids is 1. The summed E-state index contributed by atoms with van der Waals surface area (Å²) in [6, 6.07) is 16.0. The molecule has 5 heteroatoms. The lowest BCUT2D eigenvalue weighted by Crippen LogP contribution is -2.31. The highest BCUT2D eigenvalue weighted by Gasteiger charge is 2.25. The van der Waals surface area contributed by atoms with Crippen molar-refractivity contribution in [1.29, 1.82) is 0 Å². The lowest BCUT2D eigenvalue weighted by molar-refractivity contribution is 0.0950. The van der Waals surface area contributed by atoms with Crippen LogP contribution in [0.15, 0.2) is 54.7 Å². The molecule has 0 bridgehead atoms. The smallest absolute Gasteiger partial charge is 0.253 e. The first-order valence-electron chi connectivity index (χ1n) is 8.98. The predicted octanol–water partition coefficient (Wildman–Crippen LogP) is 3.43. The van der Waals surface area contributed by atoms with Crippen molar-refractivity contribution in [2.24, 2.45) is 5.92 Å². The Morgan fingerprint density at radius 3 is 2.92 bits per heavy atom. The summed E-state index contributed by atoms with van der Waals surface area (Å²) in [5, 5.41) is 4.07. The number of benzene rings is 2. The number of H-pyrrole nitrogens is 1. The van der Waals surface area contributed by atoms with Crippen molar-refractivity contribution in [3.05, 3.63) is 60.3 Å². The van der Waals surface area contributed by atoms with Gasteiger partial charge in [-0.2, -0.15) is 0 Å². The van der Waals surface area contributed by atoms with Crippen LogP contribution in [0.25, 0.3) is 10.9 Å². The van der Waals surface area contributed by atoms with Crippen LogP contribution >= 0.6 is 0 Å². The van der Waals surface area contributed by atoms with Crippen LogP contribution in [0.2, 0.25) is 0 Å². The molecule has 1 amide bonds. The Morgan fingerprint density at radius 1 is 1.23 bits per heavy atom. The normalized spacial score (nSPS) is 16.8. The summed E-state index contributed by atoms with van der Waals surface area (Å²) < 4.78 is 5.47. The van der Waals surface area contributed by atoms with Crippen LogP contribution in [0.4, 0.5) is 5.69 Å². The Hall–Kier alpha value is -2.95. The quantitative estimate of drug-likeness (QED) is 0.742. The van der Waals surface area contributed by atoms with Gasteiger partial charge in [0.05, 0.1) is 18.4 Å². The number of fused-ring (bicyclic) bond motifs is 1. The SMILES string of the molecule is COc1ccccc1N1CC[C@H](CNC(=O)c2c[nH]c3ccccc23)C1. The van der Waals surface area contributed by atoms with Gasteiger partial charge in [0.2, 0.25) is 0 Å². The molecule has 1 aromatic heterocycles. The Labute approximate surface area is 153 Å². The average molecular weight is 349 g/mol. The van der Waals surface area contributed by atoms with E-state index in [9.17, 15) is 4.79 Å². The predicted molar refractivity (Wildman–Crippen MR) is 104 cm³/mol. The molecule has 2 heterocycles. The molecule has 4 rings (SSSR count). The minimum atomic E-state index is -0.0156.